The largest absolute Gasteiger partial charge is 0.508 e. The van der Waals surface area contributed by atoms with Gasteiger partial charge in [-0.1, -0.05) is 42.5 Å². The molecular weight excluding hydrogens is 374 g/mol. The van der Waals surface area contributed by atoms with Gasteiger partial charge in [0, 0.05) is 6.42 Å². The monoisotopic (exact) mass is 391 g/mol. The van der Waals surface area contributed by atoms with Crippen molar-refractivity contribution in [3.63, 3.8) is 0 Å². The predicted molar refractivity (Wildman–Crippen MR) is 108 cm³/mol. The number of aromatic hydroxyl groups is 1. The number of aromatic nitrogens is 2. The van der Waals surface area contributed by atoms with E-state index in [0.717, 1.165) is 5.56 Å². The maximum atomic E-state index is 12.8. The van der Waals surface area contributed by atoms with Crippen LogP contribution in [0.15, 0.2) is 83.8 Å². The number of sulfonamides is 1. The van der Waals surface area contributed by atoms with Gasteiger partial charge in [0.15, 0.2) is 5.82 Å². The first kappa shape index (κ1) is 17.9. The molecule has 0 aliphatic carbocycles. The van der Waals surface area contributed by atoms with Crippen LogP contribution in [0.5, 0.6) is 5.75 Å². The maximum absolute atomic E-state index is 12.8. The van der Waals surface area contributed by atoms with Crippen molar-refractivity contribution in [2.45, 2.75) is 11.3 Å². The summed E-state index contributed by atoms with van der Waals surface area (Å²) >= 11 is 0. The minimum absolute atomic E-state index is 0.137. The average Bonchev–Trinajstić information content (AvgIpc) is 2.69. The molecule has 0 aliphatic rings. The van der Waals surface area contributed by atoms with E-state index in [1.807, 2.05) is 24.3 Å². The number of fused-ring (bicyclic) bond motifs is 1. The van der Waals surface area contributed by atoms with Crippen LogP contribution in [-0.4, -0.2) is 23.5 Å². The first-order chi connectivity index (χ1) is 13.5. The zero-order chi connectivity index (χ0) is 19.6. The molecule has 1 heterocycles. The molecule has 28 heavy (non-hydrogen) atoms. The second-order valence-corrected chi connectivity index (χ2v) is 7.96. The Hall–Kier alpha value is -3.45. The Kier molecular flexibility index (Phi) is 4.67. The molecule has 4 aromatic rings. The number of phenolic OH excluding ortho intramolecular Hbond substituents is 1. The summed E-state index contributed by atoms with van der Waals surface area (Å²) in [6.07, 6.45) is 0.318. The van der Waals surface area contributed by atoms with Crippen LogP contribution in [0, 0.1) is 0 Å². The lowest BCUT2D eigenvalue weighted by Crippen LogP contribution is -2.16. The first-order valence-corrected chi connectivity index (χ1v) is 10.1. The fraction of sp³-hybridized carbons (Fsp3) is 0.0476. The van der Waals surface area contributed by atoms with E-state index in [0.29, 0.717) is 23.1 Å². The van der Waals surface area contributed by atoms with Crippen LogP contribution in [-0.2, 0) is 16.4 Å². The van der Waals surface area contributed by atoms with Gasteiger partial charge in [0.2, 0.25) is 0 Å². The summed E-state index contributed by atoms with van der Waals surface area (Å²) in [6, 6.07) is 22.1. The highest BCUT2D eigenvalue weighted by molar-refractivity contribution is 7.92. The van der Waals surface area contributed by atoms with Crippen molar-refractivity contribution in [2.24, 2.45) is 0 Å². The third-order valence-corrected chi connectivity index (χ3v) is 5.56. The Balaban J connectivity index is 1.79. The summed E-state index contributed by atoms with van der Waals surface area (Å²) in [5.74, 6) is 0.309. The molecule has 0 bridgehead atoms. The van der Waals surface area contributed by atoms with Gasteiger partial charge in [-0.15, -0.1) is 0 Å². The van der Waals surface area contributed by atoms with E-state index >= 15 is 0 Å². The SMILES string of the molecule is O=S(=O)(Nc1nc2ccccc2nc1Cc1cccc(O)c1)c1ccccc1. The molecule has 0 saturated carbocycles. The van der Waals surface area contributed by atoms with Crippen LogP contribution in [0.3, 0.4) is 0 Å². The van der Waals surface area contributed by atoms with Gasteiger partial charge < -0.3 is 5.11 Å². The fourth-order valence-corrected chi connectivity index (χ4v) is 3.94. The highest BCUT2D eigenvalue weighted by Crippen LogP contribution is 2.23. The zero-order valence-corrected chi connectivity index (χ0v) is 15.6. The molecule has 140 valence electrons. The van der Waals surface area contributed by atoms with E-state index in [2.05, 4.69) is 14.7 Å². The average molecular weight is 391 g/mol. The van der Waals surface area contributed by atoms with Crippen molar-refractivity contribution < 1.29 is 13.5 Å². The Labute approximate surface area is 162 Å². The maximum Gasteiger partial charge on any atom is 0.263 e. The van der Waals surface area contributed by atoms with Crippen molar-refractivity contribution in [3.8, 4) is 5.75 Å². The molecule has 0 fully saturated rings. The number of nitrogens with one attached hydrogen (secondary N) is 1. The fourth-order valence-electron chi connectivity index (χ4n) is 2.89. The predicted octanol–water partition coefficient (Wildman–Crippen LogP) is 3.73. The summed E-state index contributed by atoms with van der Waals surface area (Å²) in [6.45, 7) is 0. The van der Waals surface area contributed by atoms with Gasteiger partial charge in [0.1, 0.15) is 5.75 Å². The van der Waals surface area contributed by atoms with E-state index in [9.17, 15) is 13.5 Å². The molecule has 6 nitrogen and oxygen atoms in total. The normalized spacial score (nSPS) is 11.4. The molecule has 0 radical (unpaired) electrons. The third kappa shape index (κ3) is 3.79. The summed E-state index contributed by atoms with van der Waals surface area (Å²) in [5, 5.41) is 9.72. The van der Waals surface area contributed by atoms with Crippen molar-refractivity contribution in [2.75, 3.05) is 4.72 Å². The summed E-state index contributed by atoms with van der Waals surface area (Å²) in [4.78, 5) is 9.24. The minimum Gasteiger partial charge on any atom is -0.508 e. The van der Waals surface area contributed by atoms with Gasteiger partial charge in [0.25, 0.3) is 10.0 Å². The van der Waals surface area contributed by atoms with Gasteiger partial charge in [-0.25, -0.2) is 18.4 Å². The molecule has 0 amide bonds. The summed E-state index contributed by atoms with van der Waals surface area (Å²) in [7, 11) is -3.81. The highest BCUT2D eigenvalue weighted by atomic mass is 32.2. The van der Waals surface area contributed by atoms with Crippen molar-refractivity contribution in [1.82, 2.24) is 9.97 Å². The van der Waals surface area contributed by atoms with Crippen molar-refractivity contribution in [1.29, 1.82) is 0 Å². The molecular formula is C21H17N3O3S. The highest BCUT2D eigenvalue weighted by Gasteiger charge is 2.18. The van der Waals surface area contributed by atoms with Crippen LogP contribution in [0.1, 0.15) is 11.3 Å². The second-order valence-electron chi connectivity index (χ2n) is 6.27. The Morgan fingerprint density at radius 1 is 0.821 bits per heavy atom. The first-order valence-electron chi connectivity index (χ1n) is 8.63. The van der Waals surface area contributed by atoms with E-state index in [-0.39, 0.29) is 16.5 Å². The number of benzene rings is 3. The lowest BCUT2D eigenvalue weighted by atomic mass is 10.1. The number of hydrogen-bond acceptors (Lipinski definition) is 5. The molecule has 4 rings (SSSR count). The van der Waals surface area contributed by atoms with Crippen LogP contribution >= 0.6 is 0 Å². The Morgan fingerprint density at radius 2 is 1.50 bits per heavy atom. The van der Waals surface area contributed by atoms with Gasteiger partial charge in [-0.3, -0.25) is 4.72 Å². The van der Waals surface area contributed by atoms with E-state index in [4.69, 9.17) is 0 Å². The van der Waals surface area contributed by atoms with Crippen LogP contribution in [0.2, 0.25) is 0 Å². The van der Waals surface area contributed by atoms with Gasteiger partial charge in [0.05, 0.1) is 21.6 Å². The Morgan fingerprint density at radius 3 is 2.21 bits per heavy atom. The molecule has 0 saturated heterocycles. The van der Waals surface area contributed by atoms with Gasteiger partial charge in [-0.2, -0.15) is 0 Å². The lowest BCUT2D eigenvalue weighted by Gasteiger charge is -2.13. The zero-order valence-electron chi connectivity index (χ0n) is 14.8. The molecule has 2 N–H and O–H groups in total. The summed E-state index contributed by atoms with van der Waals surface area (Å²) in [5.41, 5.74) is 2.53. The van der Waals surface area contributed by atoms with Crippen LogP contribution in [0.25, 0.3) is 11.0 Å². The van der Waals surface area contributed by atoms with E-state index in [1.165, 1.54) is 12.1 Å². The van der Waals surface area contributed by atoms with Crippen LogP contribution < -0.4 is 4.72 Å². The van der Waals surface area contributed by atoms with E-state index in [1.54, 1.807) is 42.5 Å². The standard InChI is InChI=1S/C21H17N3O3S/c25-16-8-6-7-15(13-16)14-20-21(23-19-12-5-4-11-18(19)22-20)24-28(26,27)17-9-2-1-3-10-17/h1-13,25H,14H2,(H,23,24). The molecule has 0 aliphatic heterocycles. The topological polar surface area (TPSA) is 92.2 Å². The lowest BCUT2D eigenvalue weighted by molar-refractivity contribution is 0.474. The van der Waals surface area contributed by atoms with E-state index < -0.39 is 10.0 Å². The molecule has 0 unspecified atom stereocenters. The van der Waals surface area contributed by atoms with Gasteiger partial charge in [-0.05, 0) is 42.0 Å². The van der Waals surface area contributed by atoms with Gasteiger partial charge >= 0.3 is 0 Å². The Bertz CT molecular complexity index is 1240. The number of nitrogens with zero attached hydrogens (tertiary/aromatic N) is 2. The number of rotatable bonds is 5. The van der Waals surface area contributed by atoms with Crippen LogP contribution in [0.4, 0.5) is 5.82 Å². The van der Waals surface area contributed by atoms with Crippen molar-refractivity contribution >= 4 is 26.9 Å². The molecule has 0 atom stereocenters. The molecule has 0 spiro atoms. The summed E-state index contributed by atoms with van der Waals surface area (Å²) < 4.78 is 28.1. The quantitative estimate of drug-likeness (QED) is 0.541. The minimum atomic E-state index is -3.81. The molecule has 7 heteroatoms. The molecule has 3 aromatic carbocycles. The number of anilines is 1. The second kappa shape index (κ2) is 7.28. The third-order valence-electron chi connectivity index (χ3n) is 4.21. The number of hydrogen-bond donors (Lipinski definition) is 2. The van der Waals surface area contributed by atoms with Crippen molar-refractivity contribution in [3.05, 3.63) is 90.1 Å². The number of para-hydroxylation sites is 2. The molecule has 1 aromatic heterocycles. The number of phenols is 1. The smallest absolute Gasteiger partial charge is 0.263 e.